The first-order valence-corrected chi connectivity index (χ1v) is 7.23. The van der Waals surface area contributed by atoms with E-state index in [0.717, 1.165) is 36.5 Å². The van der Waals surface area contributed by atoms with E-state index in [2.05, 4.69) is 42.3 Å². The van der Waals surface area contributed by atoms with Gasteiger partial charge in [-0.2, -0.15) is 0 Å². The SMILES string of the molecule is CCCNc1ncccc1COc1cccc(CC)c1. The molecule has 0 saturated heterocycles. The van der Waals surface area contributed by atoms with E-state index in [0.29, 0.717) is 6.61 Å². The highest BCUT2D eigenvalue weighted by Crippen LogP contribution is 2.18. The Bertz CT molecular complexity index is 540. The summed E-state index contributed by atoms with van der Waals surface area (Å²) in [6, 6.07) is 12.2. The fourth-order valence-electron chi connectivity index (χ4n) is 1.97. The van der Waals surface area contributed by atoms with Gasteiger partial charge in [0.05, 0.1) is 0 Å². The van der Waals surface area contributed by atoms with Crippen molar-refractivity contribution >= 4 is 5.82 Å². The number of nitrogens with one attached hydrogen (secondary N) is 1. The van der Waals surface area contributed by atoms with Gasteiger partial charge in [-0.25, -0.2) is 4.98 Å². The van der Waals surface area contributed by atoms with Gasteiger partial charge in [0.25, 0.3) is 0 Å². The van der Waals surface area contributed by atoms with Gasteiger partial charge in [-0.1, -0.05) is 32.0 Å². The number of rotatable bonds is 7. The van der Waals surface area contributed by atoms with Crippen LogP contribution >= 0.6 is 0 Å². The standard InChI is InChI=1S/C17H22N2O/c1-3-10-18-17-15(8-6-11-19-17)13-20-16-9-5-7-14(4-2)12-16/h5-9,11-12H,3-4,10,13H2,1-2H3,(H,18,19). The van der Waals surface area contributed by atoms with Crippen LogP contribution in [0.1, 0.15) is 31.4 Å². The highest BCUT2D eigenvalue weighted by atomic mass is 16.5. The van der Waals surface area contributed by atoms with Crippen LogP contribution in [0.3, 0.4) is 0 Å². The molecule has 2 rings (SSSR count). The Hall–Kier alpha value is -2.03. The predicted molar refractivity (Wildman–Crippen MR) is 83.2 cm³/mol. The summed E-state index contributed by atoms with van der Waals surface area (Å²) in [5.41, 5.74) is 2.38. The van der Waals surface area contributed by atoms with Crippen LogP contribution in [0.15, 0.2) is 42.6 Å². The molecule has 3 heteroatoms. The van der Waals surface area contributed by atoms with E-state index < -0.39 is 0 Å². The van der Waals surface area contributed by atoms with Crippen molar-refractivity contribution in [3.05, 3.63) is 53.7 Å². The van der Waals surface area contributed by atoms with Crippen molar-refractivity contribution < 1.29 is 4.74 Å². The molecule has 0 aliphatic rings. The maximum absolute atomic E-state index is 5.88. The Labute approximate surface area is 121 Å². The normalized spacial score (nSPS) is 10.3. The lowest BCUT2D eigenvalue weighted by Gasteiger charge is -2.12. The summed E-state index contributed by atoms with van der Waals surface area (Å²) in [5, 5.41) is 3.33. The molecule has 0 fully saturated rings. The zero-order chi connectivity index (χ0) is 14.2. The smallest absolute Gasteiger partial charge is 0.132 e. The molecule has 1 aromatic heterocycles. The fraction of sp³-hybridized carbons (Fsp3) is 0.353. The van der Waals surface area contributed by atoms with Crippen LogP contribution in [0, 0.1) is 0 Å². The average molecular weight is 270 g/mol. The van der Waals surface area contributed by atoms with Crippen molar-refractivity contribution in [1.82, 2.24) is 4.98 Å². The maximum Gasteiger partial charge on any atom is 0.132 e. The van der Waals surface area contributed by atoms with Crippen LogP contribution in [0.5, 0.6) is 5.75 Å². The largest absolute Gasteiger partial charge is 0.489 e. The Morgan fingerprint density at radius 2 is 2.05 bits per heavy atom. The van der Waals surface area contributed by atoms with Gasteiger partial charge in [0.2, 0.25) is 0 Å². The second-order valence-corrected chi connectivity index (χ2v) is 4.73. The molecule has 3 nitrogen and oxygen atoms in total. The lowest BCUT2D eigenvalue weighted by molar-refractivity contribution is 0.306. The first-order chi connectivity index (χ1) is 9.83. The summed E-state index contributed by atoms with van der Waals surface area (Å²) >= 11 is 0. The Kier molecular flexibility index (Phi) is 5.42. The summed E-state index contributed by atoms with van der Waals surface area (Å²) < 4.78 is 5.88. The van der Waals surface area contributed by atoms with Gasteiger partial charge >= 0.3 is 0 Å². The van der Waals surface area contributed by atoms with Gasteiger partial charge in [-0.05, 0) is 36.6 Å². The Balaban J connectivity index is 2.02. The number of aromatic nitrogens is 1. The minimum Gasteiger partial charge on any atom is -0.489 e. The van der Waals surface area contributed by atoms with Gasteiger partial charge < -0.3 is 10.1 Å². The third kappa shape index (κ3) is 3.98. The molecule has 0 bridgehead atoms. The first-order valence-electron chi connectivity index (χ1n) is 7.23. The highest BCUT2D eigenvalue weighted by Gasteiger charge is 2.04. The topological polar surface area (TPSA) is 34.2 Å². The number of aryl methyl sites for hydroxylation is 1. The molecule has 1 aromatic carbocycles. The molecule has 0 unspecified atom stereocenters. The average Bonchev–Trinajstić information content (AvgIpc) is 2.52. The summed E-state index contributed by atoms with van der Waals surface area (Å²) in [5.74, 6) is 1.83. The zero-order valence-electron chi connectivity index (χ0n) is 12.2. The minimum absolute atomic E-state index is 0.535. The number of benzene rings is 1. The van der Waals surface area contributed by atoms with Gasteiger partial charge in [0.15, 0.2) is 0 Å². The highest BCUT2D eigenvalue weighted by molar-refractivity contribution is 5.43. The molecular weight excluding hydrogens is 248 g/mol. The van der Waals surface area contributed by atoms with Crippen molar-refractivity contribution in [2.45, 2.75) is 33.3 Å². The molecule has 0 amide bonds. The lowest BCUT2D eigenvalue weighted by atomic mass is 10.2. The van der Waals surface area contributed by atoms with Crippen molar-refractivity contribution in [1.29, 1.82) is 0 Å². The van der Waals surface area contributed by atoms with Crippen LogP contribution in [-0.4, -0.2) is 11.5 Å². The van der Waals surface area contributed by atoms with E-state index in [1.165, 1.54) is 5.56 Å². The molecular formula is C17H22N2O. The molecule has 0 aliphatic heterocycles. The second-order valence-electron chi connectivity index (χ2n) is 4.73. The predicted octanol–water partition coefficient (Wildman–Crippen LogP) is 4.04. The fourth-order valence-corrected chi connectivity index (χ4v) is 1.97. The summed E-state index contributed by atoms with van der Waals surface area (Å²) in [6.45, 7) is 5.75. The second kappa shape index (κ2) is 7.53. The molecule has 0 aliphatic carbocycles. The van der Waals surface area contributed by atoms with Crippen molar-refractivity contribution in [2.75, 3.05) is 11.9 Å². The number of hydrogen-bond donors (Lipinski definition) is 1. The molecule has 20 heavy (non-hydrogen) atoms. The third-order valence-electron chi connectivity index (χ3n) is 3.13. The van der Waals surface area contributed by atoms with Gasteiger partial charge in [-0.15, -0.1) is 0 Å². The summed E-state index contributed by atoms with van der Waals surface area (Å²) in [6.07, 6.45) is 3.90. The number of anilines is 1. The molecule has 2 aromatic rings. The molecule has 0 spiro atoms. The number of hydrogen-bond acceptors (Lipinski definition) is 3. The molecule has 0 atom stereocenters. The van der Waals surface area contributed by atoms with E-state index in [1.54, 1.807) is 6.20 Å². The van der Waals surface area contributed by atoms with E-state index >= 15 is 0 Å². The Morgan fingerprint density at radius 1 is 1.15 bits per heavy atom. The van der Waals surface area contributed by atoms with E-state index in [1.807, 2.05) is 18.2 Å². The number of nitrogens with zero attached hydrogens (tertiary/aromatic N) is 1. The van der Waals surface area contributed by atoms with Crippen LogP contribution in [-0.2, 0) is 13.0 Å². The van der Waals surface area contributed by atoms with Gasteiger partial charge in [0.1, 0.15) is 18.2 Å². The van der Waals surface area contributed by atoms with Crippen LogP contribution in [0.2, 0.25) is 0 Å². The molecule has 106 valence electrons. The molecule has 0 radical (unpaired) electrons. The van der Waals surface area contributed by atoms with Crippen molar-refractivity contribution in [3.8, 4) is 5.75 Å². The van der Waals surface area contributed by atoms with Crippen LogP contribution in [0.25, 0.3) is 0 Å². The monoisotopic (exact) mass is 270 g/mol. The van der Waals surface area contributed by atoms with Crippen molar-refractivity contribution in [3.63, 3.8) is 0 Å². The Morgan fingerprint density at radius 3 is 2.85 bits per heavy atom. The van der Waals surface area contributed by atoms with E-state index in [4.69, 9.17) is 4.74 Å². The number of pyridine rings is 1. The quantitative estimate of drug-likeness (QED) is 0.824. The minimum atomic E-state index is 0.535. The molecule has 1 heterocycles. The summed E-state index contributed by atoms with van der Waals surface area (Å²) in [7, 11) is 0. The summed E-state index contributed by atoms with van der Waals surface area (Å²) in [4.78, 5) is 4.37. The first kappa shape index (κ1) is 14.4. The maximum atomic E-state index is 5.88. The van der Waals surface area contributed by atoms with E-state index in [9.17, 15) is 0 Å². The van der Waals surface area contributed by atoms with Crippen LogP contribution < -0.4 is 10.1 Å². The van der Waals surface area contributed by atoms with Crippen molar-refractivity contribution in [2.24, 2.45) is 0 Å². The lowest BCUT2D eigenvalue weighted by Crippen LogP contribution is -2.07. The van der Waals surface area contributed by atoms with Gasteiger partial charge in [-0.3, -0.25) is 0 Å². The molecule has 0 saturated carbocycles. The zero-order valence-corrected chi connectivity index (χ0v) is 12.2. The van der Waals surface area contributed by atoms with Gasteiger partial charge in [0, 0.05) is 18.3 Å². The van der Waals surface area contributed by atoms with E-state index in [-0.39, 0.29) is 0 Å². The third-order valence-corrected chi connectivity index (χ3v) is 3.13. The van der Waals surface area contributed by atoms with Crippen LogP contribution in [0.4, 0.5) is 5.82 Å². The molecule has 1 N–H and O–H groups in total. The number of ether oxygens (including phenoxy) is 1.